The van der Waals surface area contributed by atoms with Crippen molar-refractivity contribution < 1.29 is 27.7 Å². The van der Waals surface area contributed by atoms with Gasteiger partial charge in [-0.3, -0.25) is 18.8 Å². The highest BCUT2D eigenvalue weighted by atomic mass is 32.9. The Labute approximate surface area is 185 Å². The number of thioether (sulfide) groups is 1. The monoisotopic (exact) mass is 512 g/mol. The van der Waals surface area contributed by atoms with Gasteiger partial charge in [-0.05, 0) is 36.5 Å². The Kier molecular flexibility index (Phi) is 15.1. The van der Waals surface area contributed by atoms with E-state index in [-0.39, 0.29) is 22.1 Å². The highest BCUT2D eigenvalue weighted by Crippen LogP contribution is 2.66. The molecule has 0 aliphatic carbocycles. The Balaban J connectivity index is 0.000000546. The smallest absolute Gasteiger partial charge is 0.356 e. The van der Waals surface area contributed by atoms with Gasteiger partial charge in [0.05, 0.1) is 12.4 Å². The van der Waals surface area contributed by atoms with Crippen molar-refractivity contribution in [2.24, 2.45) is 0 Å². The molecule has 0 bridgehead atoms. The summed E-state index contributed by atoms with van der Waals surface area (Å²) in [5.41, 5.74) is -2.26. The average Bonchev–Trinajstić information content (AvgIpc) is 3.13. The first-order valence-electron chi connectivity index (χ1n) is 8.55. The molecular formula is C14H30N2O6P2S4. The third-order valence-corrected chi connectivity index (χ3v) is 15.3. The zero-order chi connectivity index (χ0) is 21.8. The van der Waals surface area contributed by atoms with Crippen LogP contribution in [-0.2, 0) is 34.7 Å². The van der Waals surface area contributed by atoms with E-state index in [1.807, 2.05) is 13.8 Å². The average molecular weight is 513 g/mol. The van der Waals surface area contributed by atoms with Gasteiger partial charge in [-0.1, -0.05) is 37.0 Å². The maximum atomic E-state index is 12.6. The van der Waals surface area contributed by atoms with E-state index in [2.05, 4.69) is 5.32 Å². The molecule has 2 atom stereocenters. The molecule has 0 spiro atoms. The van der Waals surface area contributed by atoms with Crippen LogP contribution in [0.4, 0.5) is 4.79 Å². The van der Waals surface area contributed by atoms with E-state index in [9.17, 15) is 14.2 Å². The third-order valence-electron chi connectivity index (χ3n) is 3.30. The van der Waals surface area contributed by atoms with Crippen molar-refractivity contribution in [1.82, 2.24) is 9.99 Å². The number of rotatable bonds is 11. The minimum Gasteiger partial charge on any atom is -0.358 e. The summed E-state index contributed by atoms with van der Waals surface area (Å²) in [5, 5.41) is 2.60. The molecule has 166 valence electrons. The number of carbonyl (C=O) groups is 2. The van der Waals surface area contributed by atoms with Crippen molar-refractivity contribution in [2.75, 3.05) is 45.9 Å². The summed E-state index contributed by atoms with van der Waals surface area (Å²) in [6.07, 6.45) is 0.914. The minimum absolute atomic E-state index is 0.0803. The number of hydrogen-bond donors (Lipinski definition) is 1. The fourth-order valence-corrected chi connectivity index (χ4v) is 10.7. The molecule has 0 aromatic rings. The summed E-state index contributed by atoms with van der Waals surface area (Å²) in [6, 6.07) is 0. The van der Waals surface area contributed by atoms with E-state index in [0.717, 1.165) is 6.42 Å². The summed E-state index contributed by atoms with van der Waals surface area (Å²) < 4.78 is 29.3. The zero-order valence-corrected chi connectivity index (χ0v) is 22.1. The molecule has 2 unspecified atom stereocenters. The standard InChI is InChI=1S/C9H18NO3PS2.C5H12NO3PS2/c1-4-8(3)16-14(12,13-5-2)10-6-7-15-9(10)11;1-6-5(7)4-12-10(11,8-2)9-3/h8H,4-7H2,1-3H3;4H2,1-3H3,(H,6,7). The van der Waals surface area contributed by atoms with E-state index < -0.39 is 12.4 Å². The molecule has 1 heterocycles. The van der Waals surface area contributed by atoms with Gasteiger partial charge in [0.1, 0.15) is 0 Å². The van der Waals surface area contributed by atoms with Crippen molar-refractivity contribution in [1.29, 1.82) is 0 Å². The number of amides is 2. The molecule has 1 N–H and O–H groups in total. The lowest BCUT2D eigenvalue weighted by molar-refractivity contribution is -0.118. The summed E-state index contributed by atoms with van der Waals surface area (Å²) >= 11 is 8.76. The van der Waals surface area contributed by atoms with E-state index in [1.54, 1.807) is 14.0 Å². The third kappa shape index (κ3) is 10.2. The van der Waals surface area contributed by atoms with Crippen molar-refractivity contribution in [3.05, 3.63) is 0 Å². The van der Waals surface area contributed by atoms with Gasteiger partial charge in [-0.2, -0.15) is 0 Å². The molecule has 1 aliphatic heterocycles. The highest BCUT2D eigenvalue weighted by molar-refractivity contribution is 8.68. The van der Waals surface area contributed by atoms with Gasteiger partial charge in [-0.15, -0.1) is 0 Å². The number of nitrogens with zero attached hydrogens (tertiary/aromatic N) is 1. The zero-order valence-electron chi connectivity index (χ0n) is 17.0. The van der Waals surface area contributed by atoms with E-state index in [4.69, 9.17) is 25.4 Å². The van der Waals surface area contributed by atoms with Gasteiger partial charge < -0.3 is 18.9 Å². The maximum Gasteiger partial charge on any atom is 0.356 e. The number of nitrogens with one attached hydrogen (secondary N) is 1. The molecule has 0 aromatic heterocycles. The molecule has 28 heavy (non-hydrogen) atoms. The van der Waals surface area contributed by atoms with E-state index >= 15 is 0 Å². The van der Waals surface area contributed by atoms with Crippen LogP contribution in [0, 0.1) is 0 Å². The van der Waals surface area contributed by atoms with Crippen LogP contribution in [0.3, 0.4) is 0 Å². The molecule has 2 amide bonds. The van der Waals surface area contributed by atoms with Crippen LogP contribution in [0.2, 0.25) is 0 Å². The maximum absolute atomic E-state index is 12.6. The minimum atomic E-state index is -3.02. The molecule has 8 nitrogen and oxygen atoms in total. The van der Waals surface area contributed by atoms with Crippen molar-refractivity contribution >= 4 is 69.9 Å². The summed E-state index contributed by atoms with van der Waals surface area (Å²) in [6.45, 7) is 3.73. The SMILES string of the molecule is CCOP(=O)(SC(C)CC)N1CCSC1=O.CNC(=O)CSP(=S)(OC)OC. The van der Waals surface area contributed by atoms with Crippen LogP contribution in [-0.4, -0.2) is 67.0 Å². The Morgan fingerprint density at radius 1 is 1.39 bits per heavy atom. The van der Waals surface area contributed by atoms with Crippen molar-refractivity contribution in [2.45, 2.75) is 32.4 Å². The predicted octanol–water partition coefficient (Wildman–Crippen LogP) is 4.81. The lowest BCUT2D eigenvalue weighted by atomic mass is 10.4. The van der Waals surface area contributed by atoms with Crippen LogP contribution >= 0.6 is 46.9 Å². The van der Waals surface area contributed by atoms with Gasteiger partial charge in [-0.25, -0.2) is 0 Å². The summed E-state index contributed by atoms with van der Waals surface area (Å²) in [4.78, 5) is 22.4. The Bertz CT molecular complexity index is 590. The Morgan fingerprint density at radius 3 is 2.39 bits per heavy atom. The largest absolute Gasteiger partial charge is 0.358 e. The molecule has 0 aromatic carbocycles. The molecule has 0 saturated carbocycles. The summed E-state index contributed by atoms with van der Waals surface area (Å²) in [5.74, 6) is 0.898. The first kappa shape index (κ1) is 28.8. The lowest BCUT2D eigenvalue weighted by Crippen LogP contribution is -2.20. The topological polar surface area (TPSA) is 94.2 Å². The lowest BCUT2D eigenvalue weighted by Gasteiger charge is -2.27. The Hall–Kier alpha value is 0.750. The second-order valence-electron chi connectivity index (χ2n) is 5.21. The first-order valence-corrected chi connectivity index (χ1v) is 16.8. The van der Waals surface area contributed by atoms with Crippen LogP contribution in [0.5, 0.6) is 0 Å². The number of carbonyl (C=O) groups excluding carboxylic acids is 2. The van der Waals surface area contributed by atoms with Gasteiger partial charge in [0.25, 0.3) is 5.24 Å². The molecular weight excluding hydrogens is 482 g/mol. The predicted molar refractivity (Wildman–Crippen MR) is 126 cm³/mol. The molecule has 0 radical (unpaired) electrons. The second kappa shape index (κ2) is 14.7. The molecule has 1 aliphatic rings. The van der Waals surface area contributed by atoms with Gasteiger partial charge in [0.2, 0.25) is 11.6 Å². The molecule has 1 fully saturated rings. The fraction of sp³-hybridized carbons (Fsp3) is 0.857. The highest BCUT2D eigenvalue weighted by Gasteiger charge is 2.40. The van der Waals surface area contributed by atoms with Crippen LogP contribution in [0.15, 0.2) is 0 Å². The first-order chi connectivity index (χ1) is 13.1. The van der Waals surface area contributed by atoms with Crippen LogP contribution < -0.4 is 5.32 Å². The van der Waals surface area contributed by atoms with Gasteiger partial charge in [0, 0.05) is 38.8 Å². The fourth-order valence-electron chi connectivity index (χ4n) is 1.62. The molecule has 14 heteroatoms. The molecule has 1 rings (SSSR count). The van der Waals surface area contributed by atoms with Crippen LogP contribution in [0.25, 0.3) is 0 Å². The van der Waals surface area contributed by atoms with Gasteiger partial charge >= 0.3 is 6.72 Å². The summed E-state index contributed by atoms with van der Waals surface area (Å²) in [7, 11) is 4.55. The normalized spacial score (nSPS) is 17.5. The number of hydrogen-bond acceptors (Lipinski definition) is 10. The van der Waals surface area contributed by atoms with Crippen molar-refractivity contribution in [3.63, 3.8) is 0 Å². The quantitative estimate of drug-likeness (QED) is 0.389. The van der Waals surface area contributed by atoms with Crippen LogP contribution in [0.1, 0.15) is 27.2 Å². The Morgan fingerprint density at radius 2 is 2.00 bits per heavy atom. The second-order valence-corrected chi connectivity index (χ2v) is 17.5. The van der Waals surface area contributed by atoms with Crippen molar-refractivity contribution in [3.8, 4) is 0 Å². The molecule has 1 saturated heterocycles. The van der Waals surface area contributed by atoms with Gasteiger partial charge in [0.15, 0.2) is 0 Å². The van der Waals surface area contributed by atoms with E-state index in [0.29, 0.717) is 18.9 Å². The van der Waals surface area contributed by atoms with E-state index in [1.165, 1.54) is 53.4 Å².